The molecule has 0 aliphatic rings. The van der Waals surface area contributed by atoms with Crippen LogP contribution in [-0.2, 0) is 11.2 Å². The predicted molar refractivity (Wildman–Crippen MR) is 71.6 cm³/mol. The lowest BCUT2D eigenvalue weighted by Gasteiger charge is -2.07. The number of hydrogen-bond donors (Lipinski definition) is 2. The van der Waals surface area contributed by atoms with Crippen molar-refractivity contribution in [1.82, 2.24) is 0 Å². The molecule has 1 amide bonds. The molecule has 1 rings (SSSR count). The van der Waals surface area contributed by atoms with Crippen LogP contribution in [0.5, 0.6) is 0 Å². The number of amides is 1. The van der Waals surface area contributed by atoms with Crippen LogP contribution >= 0.6 is 0 Å². The second-order valence-electron chi connectivity index (χ2n) is 3.85. The number of carbonyl (C=O) groups excluding carboxylic acids is 1. The summed E-state index contributed by atoms with van der Waals surface area (Å²) in [5.74, 6) is -0.128. The molecule has 1 aromatic carbocycles. The van der Waals surface area contributed by atoms with Crippen molar-refractivity contribution in [3.63, 3.8) is 0 Å². The molecule has 0 saturated heterocycles. The van der Waals surface area contributed by atoms with Crippen LogP contribution in [0.2, 0.25) is 0 Å². The van der Waals surface area contributed by atoms with Crippen molar-refractivity contribution in [2.24, 2.45) is 0 Å². The van der Waals surface area contributed by atoms with Crippen molar-refractivity contribution in [3.8, 4) is 0 Å². The van der Waals surface area contributed by atoms with Gasteiger partial charge < -0.3 is 10.7 Å². The molecule has 0 aliphatic carbocycles. The number of anilines is 1. The maximum absolute atomic E-state index is 11.6. The van der Waals surface area contributed by atoms with Gasteiger partial charge >= 0.3 is 0 Å². The molecule has 0 spiro atoms. The fraction of sp³-hybridized carbons (Fsp3) is 0.286. The van der Waals surface area contributed by atoms with E-state index in [-0.39, 0.29) is 5.91 Å². The summed E-state index contributed by atoms with van der Waals surface area (Å²) in [6.07, 6.45) is 3.59. The van der Waals surface area contributed by atoms with Gasteiger partial charge in [0.1, 0.15) is 0 Å². The maximum atomic E-state index is 11.6. The van der Waals surface area contributed by atoms with E-state index >= 15 is 0 Å². The highest BCUT2D eigenvalue weighted by molar-refractivity contribution is 6.03. The van der Waals surface area contributed by atoms with Gasteiger partial charge in [-0.25, -0.2) is 0 Å². The highest BCUT2D eigenvalue weighted by Gasteiger charge is 2.05. The molecule has 0 atom stereocenters. The van der Waals surface area contributed by atoms with Crippen molar-refractivity contribution < 1.29 is 4.79 Å². The lowest BCUT2D eigenvalue weighted by molar-refractivity contribution is -0.112. The summed E-state index contributed by atoms with van der Waals surface area (Å²) in [5, 5.41) is 9.81. The Kier molecular flexibility index (Phi) is 5.14. The minimum absolute atomic E-state index is 0.128. The third-order valence-corrected chi connectivity index (χ3v) is 2.51. The molecule has 0 saturated carbocycles. The van der Waals surface area contributed by atoms with Crippen LogP contribution in [0.15, 0.2) is 36.4 Å². The molecule has 3 heteroatoms. The van der Waals surface area contributed by atoms with Gasteiger partial charge in [-0.3, -0.25) is 4.79 Å². The standard InChI is InChI=1S/C14H18N2O/c1-3-11(2)14(17)16-13-8-4-6-12(10-13)7-5-9-15/h4,6,8-10,15H,2-3,5,7H2,1H3,(H,16,17). The molecule has 0 heterocycles. The monoisotopic (exact) mass is 230 g/mol. The van der Waals surface area contributed by atoms with E-state index in [1.807, 2.05) is 31.2 Å². The van der Waals surface area contributed by atoms with Crippen molar-refractivity contribution in [3.05, 3.63) is 42.0 Å². The second-order valence-corrected chi connectivity index (χ2v) is 3.85. The van der Waals surface area contributed by atoms with Crippen molar-refractivity contribution in [2.45, 2.75) is 26.2 Å². The summed E-state index contributed by atoms with van der Waals surface area (Å²) in [5.41, 5.74) is 2.48. The lowest BCUT2D eigenvalue weighted by Crippen LogP contribution is -2.13. The molecule has 1 aromatic rings. The van der Waals surface area contributed by atoms with E-state index in [0.29, 0.717) is 12.0 Å². The van der Waals surface area contributed by atoms with Crippen LogP contribution in [0.1, 0.15) is 25.3 Å². The van der Waals surface area contributed by atoms with Gasteiger partial charge in [0.05, 0.1) is 0 Å². The van der Waals surface area contributed by atoms with Crippen LogP contribution in [0.4, 0.5) is 5.69 Å². The number of rotatable bonds is 6. The minimum Gasteiger partial charge on any atom is -0.322 e. The number of hydrogen-bond acceptors (Lipinski definition) is 2. The Labute approximate surface area is 102 Å². The number of nitrogens with one attached hydrogen (secondary N) is 2. The zero-order valence-corrected chi connectivity index (χ0v) is 10.1. The van der Waals surface area contributed by atoms with E-state index < -0.39 is 0 Å². The van der Waals surface area contributed by atoms with Gasteiger partial charge in [-0.1, -0.05) is 25.6 Å². The molecular formula is C14H18N2O. The molecule has 0 radical (unpaired) electrons. The number of aryl methyl sites for hydroxylation is 1. The molecule has 0 fully saturated rings. The Bertz CT molecular complexity index is 424. The molecule has 0 unspecified atom stereocenters. The molecule has 90 valence electrons. The first-order chi connectivity index (χ1) is 8.17. The summed E-state index contributed by atoms with van der Waals surface area (Å²) in [6, 6.07) is 7.69. The average Bonchev–Trinajstić information content (AvgIpc) is 2.35. The Morgan fingerprint density at radius 2 is 2.29 bits per heavy atom. The van der Waals surface area contributed by atoms with Crippen LogP contribution < -0.4 is 5.32 Å². The number of carbonyl (C=O) groups is 1. The summed E-state index contributed by atoms with van der Waals surface area (Å²) in [4.78, 5) is 11.6. The van der Waals surface area contributed by atoms with E-state index in [0.717, 1.165) is 24.1 Å². The van der Waals surface area contributed by atoms with Gasteiger partial charge in [-0.2, -0.15) is 0 Å². The van der Waals surface area contributed by atoms with Crippen LogP contribution in [-0.4, -0.2) is 12.1 Å². The largest absolute Gasteiger partial charge is 0.322 e. The average molecular weight is 230 g/mol. The van der Waals surface area contributed by atoms with E-state index in [1.54, 1.807) is 0 Å². The van der Waals surface area contributed by atoms with Crippen molar-refractivity contribution in [1.29, 1.82) is 5.41 Å². The molecule has 0 aliphatic heterocycles. The van der Waals surface area contributed by atoms with E-state index in [1.165, 1.54) is 6.21 Å². The van der Waals surface area contributed by atoms with Gasteiger partial charge in [0, 0.05) is 11.3 Å². The van der Waals surface area contributed by atoms with E-state index in [2.05, 4.69) is 11.9 Å². The molecule has 2 N–H and O–H groups in total. The maximum Gasteiger partial charge on any atom is 0.250 e. The predicted octanol–water partition coefficient (Wildman–Crippen LogP) is 3.17. The zero-order chi connectivity index (χ0) is 12.7. The van der Waals surface area contributed by atoms with Gasteiger partial charge in [-0.05, 0) is 43.2 Å². The van der Waals surface area contributed by atoms with Crippen LogP contribution in [0.25, 0.3) is 0 Å². The second kappa shape index (κ2) is 6.63. The fourth-order valence-electron chi connectivity index (χ4n) is 1.42. The zero-order valence-electron chi connectivity index (χ0n) is 10.1. The summed E-state index contributed by atoms with van der Waals surface area (Å²) >= 11 is 0. The smallest absolute Gasteiger partial charge is 0.250 e. The fourth-order valence-corrected chi connectivity index (χ4v) is 1.42. The van der Waals surface area contributed by atoms with Gasteiger partial charge in [0.25, 0.3) is 5.91 Å². The minimum atomic E-state index is -0.128. The Morgan fingerprint density at radius 1 is 1.53 bits per heavy atom. The van der Waals surface area contributed by atoms with Crippen LogP contribution in [0, 0.1) is 5.41 Å². The summed E-state index contributed by atoms with van der Waals surface area (Å²) in [7, 11) is 0. The quantitative estimate of drug-likeness (QED) is 0.572. The Balaban J connectivity index is 2.68. The van der Waals surface area contributed by atoms with Crippen LogP contribution in [0.3, 0.4) is 0 Å². The third-order valence-electron chi connectivity index (χ3n) is 2.51. The first-order valence-corrected chi connectivity index (χ1v) is 5.74. The SMILES string of the molecule is C=C(CC)C(=O)Nc1cccc(CCC=N)c1. The van der Waals surface area contributed by atoms with Gasteiger partial charge in [0.15, 0.2) is 0 Å². The van der Waals surface area contributed by atoms with E-state index in [9.17, 15) is 4.79 Å². The molecular weight excluding hydrogens is 212 g/mol. The van der Waals surface area contributed by atoms with Crippen molar-refractivity contribution in [2.75, 3.05) is 5.32 Å². The first kappa shape index (κ1) is 13.2. The summed E-state index contributed by atoms with van der Waals surface area (Å²) in [6.45, 7) is 5.60. The molecule has 0 bridgehead atoms. The van der Waals surface area contributed by atoms with E-state index in [4.69, 9.17) is 5.41 Å². The van der Waals surface area contributed by atoms with Crippen molar-refractivity contribution >= 4 is 17.8 Å². The number of benzene rings is 1. The Hall–Kier alpha value is -1.90. The van der Waals surface area contributed by atoms with Gasteiger partial charge in [0.2, 0.25) is 0 Å². The molecule has 17 heavy (non-hydrogen) atoms. The lowest BCUT2D eigenvalue weighted by atomic mass is 10.1. The summed E-state index contributed by atoms with van der Waals surface area (Å²) < 4.78 is 0. The topological polar surface area (TPSA) is 53.0 Å². The highest BCUT2D eigenvalue weighted by Crippen LogP contribution is 2.13. The van der Waals surface area contributed by atoms with Gasteiger partial charge in [-0.15, -0.1) is 0 Å². The molecule has 0 aromatic heterocycles. The normalized spacial score (nSPS) is 9.71. The first-order valence-electron chi connectivity index (χ1n) is 5.74. The highest BCUT2D eigenvalue weighted by atomic mass is 16.1. The Morgan fingerprint density at radius 3 is 2.94 bits per heavy atom. The third kappa shape index (κ3) is 4.23. The molecule has 3 nitrogen and oxygen atoms in total.